The van der Waals surface area contributed by atoms with E-state index in [1.54, 1.807) is 23.2 Å². The van der Waals surface area contributed by atoms with Gasteiger partial charge in [-0.25, -0.2) is 9.97 Å². The molecule has 0 aromatic carbocycles. The minimum absolute atomic E-state index is 0.151. The van der Waals surface area contributed by atoms with E-state index in [1.807, 2.05) is 4.90 Å². The van der Waals surface area contributed by atoms with Crippen molar-refractivity contribution >= 4 is 23.3 Å². The van der Waals surface area contributed by atoms with E-state index in [1.165, 1.54) is 6.07 Å². The number of alkyl halides is 3. The summed E-state index contributed by atoms with van der Waals surface area (Å²) in [6.45, 7) is 0.193. The van der Waals surface area contributed by atoms with Gasteiger partial charge >= 0.3 is 6.18 Å². The van der Waals surface area contributed by atoms with Crippen LogP contribution in [0.25, 0.3) is 0 Å². The Kier molecular flexibility index (Phi) is 6.08. The molecule has 1 saturated heterocycles. The Balaban J connectivity index is 1.63. The molecule has 0 aliphatic carbocycles. The molecule has 0 radical (unpaired) electrons. The van der Waals surface area contributed by atoms with Crippen molar-refractivity contribution < 1.29 is 22.7 Å². The summed E-state index contributed by atoms with van der Waals surface area (Å²) in [5.74, 6) is -0.162. The first-order valence-electron chi connectivity index (χ1n) is 8.53. The number of pyridine rings is 2. The number of piperazine rings is 1. The Morgan fingerprint density at radius 1 is 1.28 bits per heavy atom. The maximum Gasteiger partial charge on any atom is 0.422 e. The lowest BCUT2D eigenvalue weighted by atomic mass is 10.2. The summed E-state index contributed by atoms with van der Waals surface area (Å²) < 4.78 is 41.3. The Morgan fingerprint density at radius 2 is 2.00 bits per heavy atom. The van der Waals surface area contributed by atoms with E-state index in [9.17, 15) is 23.2 Å². The second kappa shape index (κ2) is 8.53. The van der Waals surface area contributed by atoms with Crippen molar-refractivity contribution in [2.24, 2.45) is 0 Å². The number of anilines is 1. The molecule has 11 heteroatoms. The van der Waals surface area contributed by atoms with Crippen LogP contribution in [0, 0.1) is 11.3 Å². The van der Waals surface area contributed by atoms with Gasteiger partial charge in [-0.2, -0.15) is 18.4 Å². The van der Waals surface area contributed by atoms with E-state index in [4.69, 9.17) is 11.6 Å². The van der Waals surface area contributed by atoms with Crippen molar-refractivity contribution in [2.45, 2.75) is 6.18 Å². The fourth-order valence-electron chi connectivity index (χ4n) is 2.84. The predicted octanol–water partition coefficient (Wildman–Crippen LogP) is 2.91. The van der Waals surface area contributed by atoms with Crippen LogP contribution in [0.3, 0.4) is 0 Å². The number of nitriles is 1. The van der Waals surface area contributed by atoms with Crippen molar-refractivity contribution in [3.05, 3.63) is 46.7 Å². The van der Waals surface area contributed by atoms with Gasteiger partial charge in [-0.05, 0) is 18.2 Å². The SMILES string of the molecule is N#Cc1cccnc1N1CCN(C(=O)c2cnc(OCC(F)(F)F)c(Cl)c2)CC1. The molecule has 1 fully saturated rings. The molecule has 1 aliphatic heterocycles. The highest BCUT2D eigenvalue weighted by molar-refractivity contribution is 6.32. The summed E-state index contributed by atoms with van der Waals surface area (Å²) >= 11 is 5.91. The van der Waals surface area contributed by atoms with Gasteiger partial charge in [0.2, 0.25) is 5.88 Å². The highest BCUT2D eigenvalue weighted by atomic mass is 35.5. The molecule has 3 rings (SSSR count). The average Bonchev–Trinajstić information content (AvgIpc) is 2.71. The van der Waals surface area contributed by atoms with Crippen molar-refractivity contribution in [2.75, 3.05) is 37.7 Å². The van der Waals surface area contributed by atoms with Gasteiger partial charge in [-0.3, -0.25) is 4.79 Å². The van der Waals surface area contributed by atoms with Crippen molar-refractivity contribution in [3.8, 4) is 11.9 Å². The first-order chi connectivity index (χ1) is 13.8. The molecule has 2 aromatic heterocycles. The lowest BCUT2D eigenvalue weighted by molar-refractivity contribution is -0.154. The smallest absolute Gasteiger partial charge is 0.422 e. The van der Waals surface area contributed by atoms with Crippen molar-refractivity contribution in [3.63, 3.8) is 0 Å². The normalized spacial score (nSPS) is 14.4. The standard InChI is InChI=1S/C18H15ClF3N5O2/c19-14-8-13(10-25-16(14)29-11-18(20,21)22)17(28)27-6-4-26(5-7-27)15-12(9-23)2-1-3-24-15/h1-3,8,10H,4-7,11H2. The summed E-state index contributed by atoms with van der Waals surface area (Å²) in [6.07, 6.45) is -1.78. The molecule has 1 amide bonds. The van der Waals surface area contributed by atoms with E-state index in [2.05, 4.69) is 20.8 Å². The number of carbonyl (C=O) groups excluding carboxylic acids is 1. The minimum Gasteiger partial charge on any atom is -0.467 e. The fourth-order valence-corrected chi connectivity index (χ4v) is 3.06. The maximum atomic E-state index is 12.7. The summed E-state index contributed by atoms with van der Waals surface area (Å²) in [4.78, 5) is 24.1. The van der Waals surface area contributed by atoms with Crippen LogP contribution in [0.2, 0.25) is 5.02 Å². The highest BCUT2D eigenvalue weighted by Crippen LogP contribution is 2.26. The number of amides is 1. The highest BCUT2D eigenvalue weighted by Gasteiger charge is 2.29. The topological polar surface area (TPSA) is 82.4 Å². The fraction of sp³-hybridized carbons (Fsp3) is 0.333. The Bertz CT molecular complexity index is 940. The number of hydrogen-bond donors (Lipinski definition) is 0. The zero-order valence-electron chi connectivity index (χ0n) is 15.0. The summed E-state index contributed by atoms with van der Waals surface area (Å²) in [7, 11) is 0. The summed E-state index contributed by atoms with van der Waals surface area (Å²) in [5.41, 5.74) is 0.607. The average molecular weight is 426 g/mol. The molecule has 0 unspecified atom stereocenters. The second-order valence-electron chi connectivity index (χ2n) is 6.18. The molecule has 7 nitrogen and oxygen atoms in total. The first-order valence-corrected chi connectivity index (χ1v) is 8.91. The van der Waals surface area contributed by atoms with Gasteiger partial charge in [-0.15, -0.1) is 0 Å². The zero-order valence-corrected chi connectivity index (χ0v) is 15.7. The van der Waals surface area contributed by atoms with Crippen LogP contribution in [-0.4, -0.2) is 59.7 Å². The van der Waals surface area contributed by atoms with Crippen LogP contribution in [0.15, 0.2) is 30.6 Å². The van der Waals surface area contributed by atoms with Crippen LogP contribution in [0.4, 0.5) is 19.0 Å². The molecule has 3 heterocycles. The zero-order chi connectivity index (χ0) is 21.0. The van der Waals surface area contributed by atoms with Crippen molar-refractivity contribution in [1.29, 1.82) is 5.26 Å². The minimum atomic E-state index is -4.52. The first kappa shape index (κ1) is 20.7. The van der Waals surface area contributed by atoms with Crippen molar-refractivity contribution in [1.82, 2.24) is 14.9 Å². The Labute approximate surface area is 169 Å². The van der Waals surface area contributed by atoms with Gasteiger partial charge in [0, 0.05) is 38.6 Å². The van der Waals surface area contributed by atoms with Gasteiger partial charge in [0.05, 0.1) is 11.1 Å². The van der Waals surface area contributed by atoms with Crippen LogP contribution in [0.5, 0.6) is 5.88 Å². The van der Waals surface area contributed by atoms with Gasteiger partial charge in [-0.1, -0.05) is 11.6 Å². The summed E-state index contributed by atoms with van der Waals surface area (Å²) in [6, 6.07) is 6.69. The number of rotatable bonds is 4. The molecule has 0 spiro atoms. The van der Waals surface area contributed by atoms with E-state index in [0.29, 0.717) is 37.6 Å². The Morgan fingerprint density at radius 3 is 2.62 bits per heavy atom. The molecular weight excluding hydrogens is 411 g/mol. The molecule has 0 N–H and O–H groups in total. The number of nitrogens with zero attached hydrogens (tertiary/aromatic N) is 5. The lowest BCUT2D eigenvalue weighted by Gasteiger charge is -2.35. The van der Waals surface area contributed by atoms with Gasteiger partial charge < -0.3 is 14.5 Å². The molecule has 29 heavy (non-hydrogen) atoms. The largest absolute Gasteiger partial charge is 0.467 e. The van der Waals surface area contributed by atoms with Crippen LogP contribution >= 0.6 is 11.6 Å². The molecule has 0 atom stereocenters. The quantitative estimate of drug-likeness (QED) is 0.749. The molecule has 0 saturated carbocycles. The number of aromatic nitrogens is 2. The van der Waals surface area contributed by atoms with E-state index < -0.39 is 12.8 Å². The van der Waals surface area contributed by atoms with Gasteiger partial charge in [0.1, 0.15) is 16.9 Å². The maximum absolute atomic E-state index is 12.7. The van der Waals surface area contributed by atoms with Crippen LogP contribution in [-0.2, 0) is 0 Å². The molecule has 2 aromatic rings. The lowest BCUT2D eigenvalue weighted by Crippen LogP contribution is -2.49. The molecule has 1 aliphatic rings. The summed E-state index contributed by atoms with van der Waals surface area (Å²) in [5, 5.41) is 9.02. The number of halogens is 4. The molecule has 152 valence electrons. The number of carbonyl (C=O) groups is 1. The van der Waals surface area contributed by atoms with Gasteiger partial charge in [0.15, 0.2) is 6.61 Å². The monoisotopic (exact) mass is 425 g/mol. The number of ether oxygens (including phenoxy) is 1. The van der Waals surface area contributed by atoms with Crippen LogP contribution < -0.4 is 9.64 Å². The van der Waals surface area contributed by atoms with E-state index >= 15 is 0 Å². The number of hydrogen-bond acceptors (Lipinski definition) is 6. The third-order valence-electron chi connectivity index (χ3n) is 4.20. The predicted molar refractivity (Wildman–Crippen MR) is 97.9 cm³/mol. The molecule has 0 bridgehead atoms. The van der Waals surface area contributed by atoms with Crippen LogP contribution in [0.1, 0.15) is 15.9 Å². The third-order valence-corrected chi connectivity index (χ3v) is 4.47. The third kappa shape index (κ3) is 5.06. The van der Waals surface area contributed by atoms with E-state index in [-0.39, 0.29) is 22.4 Å². The van der Waals surface area contributed by atoms with E-state index in [0.717, 1.165) is 6.20 Å². The second-order valence-corrected chi connectivity index (χ2v) is 6.59. The van der Waals surface area contributed by atoms with Gasteiger partial charge in [0.25, 0.3) is 5.91 Å². The molecular formula is C18H15ClF3N5O2. The Hall–Kier alpha value is -3.06.